The number of ether oxygens (including phenoxy) is 2. The Bertz CT molecular complexity index is 1020. The lowest BCUT2D eigenvalue weighted by Gasteiger charge is -2.10. The van der Waals surface area contributed by atoms with Crippen molar-refractivity contribution >= 4 is 40.8 Å². The van der Waals surface area contributed by atoms with Crippen molar-refractivity contribution < 1.29 is 14.3 Å². The number of nitrogens with zero attached hydrogens (tertiary/aromatic N) is 2. The van der Waals surface area contributed by atoms with E-state index >= 15 is 0 Å². The summed E-state index contributed by atoms with van der Waals surface area (Å²) < 4.78 is 10.4. The summed E-state index contributed by atoms with van der Waals surface area (Å²) in [4.78, 5) is 20.7. The number of aromatic nitrogens is 2. The number of rotatable bonds is 9. The number of hydrogen-bond acceptors (Lipinski definition) is 7. The number of methoxy groups -OCH3 is 2. The second kappa shape index (κ2) is 10.7. The summed E-state index contributed by atoms with van der Waals surface area (Å²) in [5.74, 6) is 1.86. The van der Waals surface area contributed by atoms with Crippen LogP contribution in [0.4, 0.5) is 11.5 Å². The fraction of sp³-hybridized carbons (Fsp3) is 0.190. The first-order valence-electron chi connectivity index (χ1n) is 9.03. The van der Waals surface area contributed by atoms with E-state index in [4.69, 9.17) is 21.1 Å². The number of carbonyl (C=O) groups is 1. The SMILES string of the molecule is COc1ccc(NC(=O)CSc2cc(NCc3ccccc3Cl)ncn2)cc1OC. The first-order valence-corrected chi connectivity index (χ1v) is 10.4. The predicted octanol–water partition coefficient (Wildman–Crippen LogP) is 4.49. The number of benzene rings is 2. The summed E-state index contributed by atoms with van der Waals surface area (Å²) in [6.07, 6.45) is 1.46. The molecule has 2 aromatic carbocycles. The van der Waals surface area contributed by atoms with Gasteiger partial charge in [0.25, 0.3) is 0 Å². The van der Waals surface area contributed by atoms with Gasteiger partial charge in [0, 0.05) is 29.4 Å². The average Bonchev–Trinajstić information content (AvgIpc) is 2.77. The second-order valence-corrected chi connectivity index (χ2v) is 7.50. The zero-order chi connectivity index (χ0) is 21.3. The van der Waals surface area contributed by atoms with Crippen LogP contribution < -0.4 is 20.1 Å². The summed E-state index contributed by atoms with van der Waals surface area (Å²) in [5.41, 5.74) is 1.60. The fourth-order valence-electron chi connectivity index (χ4n) is 2.59. The van der Waals surface area contributed by atoms with Crippen LogP contribution in [0.3, 0.4) is 0 Å². The molecule has 9 heteroatoms. The zero-order valence-corrected chi connectivity index (χ0v) is 18.1. The first-order chi connectivity index (χ1) is 14.6. The minimum Gasteiger partial charge on any atom is -0.493 e. The van der Waals surface area contributed by atoms with Gasteiger partial charge >= 0.3 is 0 Å². The maximum atomic E-state index is 12.3. The van der Waals surface area contributed by atoms with Crippen LogP contribution >= 0.6 is 23.4 Å². The summed E-state index contributed by atoms with van der Waals surface area (Å²) in [5, 5.41) is 7.44. The lowest BCUT2D eigenvalue weighted by atomic mass is 10.2. The third-order valence-corrected chi connectivity index (χ3v) is 5.37. The van der Waals surface area contributed by atoms with Crippen LogP contribution in [0.25, 0.3) is 0 Å². The van der Waals surface area contributed by atoms with Crippen LogP contribution in [-0.4, -0.2) is 35.8 Å². The molecule has 0 saturated carbocycles. The van der Waals surface area contributed by atoms with Gasteiger partial charge in [-0.2, -0.15) is 0 Å². The molecule has 0 atom stereocenters. The van der Waals surface area contributed by atoms with Gasteiger partial charge < -0.3 is 20.1 Å². The molecule has 0 bridgehead atoms. The van der Waals surface area contributed by atoms with Crippen LogP contribution in [0, 0.1) is 0 Å². The Morgan fingerprint density at radius 3 is 2.63 bits per heavy atom. The largest absolute Gasteiger partial charge is 0.493 e. The van der Waals surface area contributed by atoms with E-state index in [9.17, 15) is 4.79 Å². The van der Waals surface area contributed by atoms with Crippen LogP contribution in [0.1, 0.15) is 5.56 Å². The highest BCUT2D eigenvalue weighted by Crippen LogP contribution is 2.30. The van der Waals surface area contributed by atoms with E-state index in [0.29, 0.717) is 39.6 Å². The van der Waals surface area contributed by atoms with E-state index in [2.05, 4.69) is 20.6 Å². The highest BCUT2D eigenvalue weighted by atomic mass is 35.5. The molecule has 3 rings (SSSR count). The molecule has 1 heterocycles. The van der Waals surface area contributed by atoms with Gasteiger partial charge in [0.2, 0.25) is 5.91 Å². The Hall–Kier alpha value is -2.97. The van der Waals surface area contributed by atoms with Gasteiger partial charge in [0.15, 0.2) is 11.5 Å². The lowest BCUT2D eigenvalue weighted by Crippen LogP contribution is -2.14. The van der Waals surface area contributed by atoms with Gasteiger partial charge in [0.05, 0.1) is 20.0 Å². The molecule has 0 aliphatic carbocycles. The van der Waals surface area contributed by atoms with Crippen molar-refractivity contribution in [1.82, 2.24) is 9.97 Å². The van der Waals surface area contributed by atoms with Crippen molar-refractivity contribution in [2.45, 2.75) is 11.6 Å². The van der Waals surface area contributed by atoms with Gasteiger partial charge in [-0.1, -0.05) is 41.6 Å². The third kappa shape index (κ3) is 6.01. The second-order valence-electron chi connectivity index (χ2n) is 6.09. The number of halogens is 1. The normalized spacial score (nSPS) is 10.4. The number of anilines is 2. The molecule has 0 radical (unpaired) electrons. The number of carbonyl (C=O) groups excluding carboxylic acids is 1. The fourth-order valence-corrected chi connectivity index (χ4v) is 3.46. The van der Waals surface area contributed by atoms with Crippen molar-refractivity contribution in [1.29, 1.82) is 0 Å². The zero-order valence-electron chi connectivity index (χ0n) is 16.5. The van der Waals surface area contributed by atoms with Crippen molar-refractivity contribution in [3.63, 3.8) is 0 Å². The number of hydrogen-bond donors (Lipinski definition) is 2. The molecule has 7 nitrogen and oxygen atoms in total. The highest BCUT2D eigenvalue weighted by Gasteiger charge is 2.09. The van der Waals surface area contributed by atoms with Crippen LogP contribution in [0.5, 0.6) is 11.5 Å². The molecule has 2 N–H and O–H groups in total. The standard InChI is InChI=1S/C21H21ClN4O3S/c1-28-17-8-7-15(9-18(17)29-2)26-20(27)12-30-21-10-19(24-13-25-21)23-11-14-5-3-4-6-16(14)22/h3-10,13H,11-12H2,1-2H3,(H,26,27)(H,23,24,25). The Balaban J connectivity index is 1.54. The highest BCUT2D eigenvalue weighted by molar-refractivity contribution is 7.99. The van der Waals surface area contributed by atoms with Gasteiger partial charge in [-0.05, 0) is 23.8 Å². The Morgan fingerprint density at radius 1 is 1.07 bits per heavy atom. The molecule has 0 aliphatic heterocycles. The number of nitrogens with one attached hydrogen (secondary N) is 2. The first kappa shape index (κ1) is 21.7. The number of amides is 1. The van der Waals surface area contributed by atoms with Crippen LogP contribution in [0.15, 0.2) is 59.9 Å². The molecule has 1 amide bonds. The van der Waals surface area contributed by atoms with Crippen molar-refractivity contribution in [2.24, 2.45) is 0 Å². The van der Waals surface area contributed by atoms with Crippen LogP contribution in [0.2, 0.25) is 5.02 Å². The smallest absolute Gasteiger partial charge is 0.234 e. The monoisotopic (exact) mass is 444 g/mol. The minimum absolute atomic E-state index is 0.156. The maximum Gasteiger partial charge on any atom is 0.234 e. The molecule has 0 fully saturated rings. The van der Waals surface area contributed by atoms with Crippen molar-refractivity contribution in [3.05, 3.63) is 65.4 Å². The van der Waals surface area contributed by atoms with Crippen molar-refractivity contribution in [2.75, 3.05) is 30.6 Å². The Morgan fingerprint density at radius 2 is 1.87 bits per heavy atom. The molecule has 156 valence electrons. The van der Waals surface area contributed by atoms with E-state index < -0.39 is 0 Å². The van der Waals surface area contributed by atoms with Gasteiger partial charge in [-0.25, -0.2) is 9.97 Å². The maximum absolute atomic E-state index is 12.3. The van der Waals surface area contributed by atoms with Gasteiger partial charge in [-0.15, -0.1) is 0 Å². The van der Waals surface area contributed by atoms with Crippen LogP contribution in [-0.2, 0) is 11.3 Å². The van der Waals surface area contributed by atoms with Gasteiger partial charge in [-0.3, -0.25) is 4.79 Å². The molecule has 30 heavy (non-hydrogen) atoms. The summed E-state index contributed by atoms with van der Waals surface area (Å²) in [7, 11) is 3.11. The number of thioether (sulfide) groups is 1. The third-order valence-electron chi connectivity index (χ3n) is 4.08. The molecule has 3 aromatic rings. The summed E-state index contributed by atoms with van der Waals surface area (Å²) >= 11 is 7.49. The molecule has 0 aliphatic rings. The summed E-state index contributed by atoms with van der Waals surface area (Å²) in [6.45, 7) is 0.542. The molecule has 0 saturated heterocycles. The molecule has 0 spiro atoms. The molecule has 1 aromatic heterocycles. The van der Waals surface area contributed by atoms with E-state index in [0.717, 1.165) is 5.56 Å². The van der Waals surface area contributed by atoms with E-state index in [1.807, 2.05) is 24.3 Å². The van der Waals surface area contributed by atoms with Gasteiger partial charge in [0.1, 0.15) is 17.2 Å². The Kier molecular flexibility index (Phi) is 7.75. The van der Waals surface area contributed by atoms with E-state index in [1.54, 1.807) is 38.5 Å². The quantitative estimate of drug-likeness (QED) is 0.371. The summed E-state index contributed by atoms with van der Waals surface area (Å²) in [6, 6.07) is 14.6. The molecular formula is C21H21ClN4O3S. The topological polar surface area (TPSA) is 85.4 Å². The van der Waals surface area contributed by atoms with E-state index in [1.165, 1.54) is 18.1 Å². The van der Waals surface area contributed by atoms with Crippen molar-refractivity contribution in [3.8, 4) is 11.5 Å². The Labute approximate surface area is 184 Å². The lowest BCUT2D eigenvalue weighted by molar-refractivity contribution is -0.113. The average molecular weight is 445 g/mol. The molecule has 0 unspecified atom stereocenters. The molecular weight excluding hydrogens is 424 g/mol. The minimum atomic E-state index is -0.156. The predicted molar refractivity (Wildman–Crippen MR) is 120 cm³/mol. The van der Waals surface area contributed by atoms with E-state index in [-0.39, 0.29) is 11.7 Å².